The number of hydrogen-bond acceptors (Lipinski definition) is 2. The van der Waals surface area contributed by atoms with Crippen LogP contribution in [-0.2, 0) is 6.54 Å². The van der Waals surface area contributed by atoms with Crippen molar-refractivity contribution in [3.63, 3.8) is 0 Å². The van der Waals surface area contributed by atoms with Gasteiger partial charge in [0.1, 0.15) is 0 Å². The van der Waals surface area contributed by atoms with Crippen LogP contribution in [0.5, 0.6) is 0 Å². The minimum absolute atomic E-state index is 0.520. The van der Waals surface area contributed by atoms with E-state index in [0.717, 1.165) is 16.5 Å². The summed E-state index contributed by atoms with van der Waals surface area (Å²) in [6.07, 6.45) is 5.64. The highest BCUT2D eigenvalue weighted by molar-refractivity contribution is 7.99. The van der Waals surface area contributed by atoms with Gasteiger partial charge in [-0.05, 0) is 36.5 Å². The molecule has 1 fully saturated rings. The van der Waals surface area contributed by atoms with Crippen LogP contribution in [0, 0.1) is 5.92 Å². The number of thioether (sulfide) groups is 1. The van der Waals surface area contributed by atoms with Crippen LogP contribution in [-0.4, -0.2) is 5.75 Å². The zero-order chi connectivity index (χ0) is 11.4. The highest BCUT2D eigenvalue weighted by Crippen LogP contribution is 2.32. The van der Waals surface area contributed by atoms with Crippen molar-refractivity contribution in [1.82, 2.24) is 0 Å². The van der Waals surface area contributed by atoms with E-state index in [-0.39, 0.29) is 0 Å². The number of hydrogen-bond donors (Lipinski definition) is 1. The van der Waals surface area contributed by atoms with Crippen molar-refractivity contribution in [3.8, 4) is 0 Å². The van der Waals surface area contributed by atoms with E-state index < -0.39 is 0 Å². The number of halogens is 1. The highest BCUT2D eigenvalue weighted by atomic mass is 35.5. The van der Waals surface area contributed by atoms with Gasteiger partial charge >= 0.3 is 0 Å². The van der Waals surface area contributed by atoms with Gasteiger partial charge in [0, 0.05) is 22.2 Å². The highest BCUT2D eigenvalue weighted by Gasteiger charge is 2.15. The van der Waals surface area contributed by atoms with Crippen LogP contribution in [0.2, 0.25) is 5.02 Å². The molecule has 1 aliphatic carbocycles. The van der Waals surface area contributed by atoms with Gasteiger partial charge in [-0.15, -0.1) is 11.8 Å². The van der Waals surface area contributed by atoms with Gasteiger partial charge in [-0.1, -0.05) is 30.5 Å². The number of nitrogens with two attached hydrogens (primary N) is 1. The van der Waals surface area contributed by atoms with E-state index in [1.807, 2.05) is 23.9 Å². The normalized spacial score (nSPS) is 16.9. The van der Waals surface area contributed by atoms with E-state index >= 15 is 0 Å². The Bertz CT molecular complexity index is 348. The first-order chi connectivity index (χ1) is 7.79. The van der Waals surface area contributed by atoms with Gasteiger partial charge in [0.25, 0.3) is 0 Å². The van der Waals surface area contributed by atoms with E-state index in [0.29, 0.717) is 6.54 Å². The maximum atomic E-state index is 6.13. The van der Waals surface area contributed by atoms with Crippen molar-refractivity contribution in [3.05, 3.63) is 28.8 Å². The first-order valence-electron chi connectivity index (χ1n) is 5.91. The number of benzene rings is 1. The molecule has 0 unspecified atom stereocenters. The predicted octanol–water partition coefficient (Wildman–Crippen LogP) is 4.08. The monoisotopic (exact) mass is 255 g/mol. The van der Waals surface area contributed by atoms with Gasteiger partial charge in [-0.2, -0.15) is 0 Å². The van der Waals surface area contributed by atoms with Crippen LogP contribution >= 0.6 is 23.4 Å². The molecule has 0 spiro atoms. The maximum absolute atomic E-state index is 6.13. The Labute approximate surface area is 107 Å². The van der Waals surface area contributed by atoms with E-state index in [1.165, 1.54) is 36.3 Å². The Hall–Kier alpha value is -0.180. The summed E-state index contributed by atoms with van der Waals surface area (Å²) in [4.78, 5) is 1.27. The van der Waals surface area contributed by atoms with Crippen molar-refractivity contribution in [1.29, 1.82) is 0 Å². The van der Waals surface area contributed by atoms with Crippen LogP contribution in [0.1, 0.15) is 31.2 Å². The molecule has 88 valence electrons. The molecule has 0 saturated heterocycles. The molecule has 0 radical (unpaired) electrons. The Morgan fingerprint density at radius 3 is 2.69 bits per heavy atom. The summed E-state index contributed by atoms with van der Waals surface area (Å²) in [5.41, 5.74) is 6.62. The molecule has 1 nitrogen and oxygen atoms in total. The standard InChI is InChI=1S/C13H18ClNS/c14-13-7-12(6-5-11(13)8-15)16-9-10-3-1-2-4-10/h5-7,10H,1-4,8-9,15H2. The van der Waals surface area contributed by atoms with Gasteiger partial charge in [0.15, 0.2) is 0 Å². The SMILES string of the molecule is NCc1ccc(SCC2CCCC2)cc1Cl. The zero-order valence-electron chi connectivity index (χ0n) is 9.42. The van der Waals surface area contributed by atoms with Gasteiger partial charge < -0.3 is 5.73 Å². The summed E-state index contributed by atoms with van der Waals surface area (Å²) < 4.78 is 0. The molecular weight excluding hydrogens is 238 g/mol. The second kappa shape index (κ2) is 5.95. The van der Waals surface area contributed by atoms with Crippen molar-refractivity contribution in [2.75, 3.05) is 5.75 Å². The topological polar surface area (TPSA) is 26.0 Å². The molecular formula is C13H18ClNS. The quantitative estimate of drug-likeness (QED) is 0.821. The van der Waals surface area contributed by atoms with Gasteiger partial charge in [-0.3, -0.25) is 0 Å². The second-order valence-corrected chi connectivity index (χ2v) is 5.92. The van der Waals surface area contributed by atoms with E-state index in [9.17, 15) is 0 Å². The third kappa shape index (κ3) is 3.16. The molecule has 0 atom stereocenters. The third-order valence-electron chi connectivity index (χ3n) is 3.20. The summed E-state index contributed by atoms with van der Waals surface area (Å²) >= 11 is 8.06. The molecule has 2 rings (SSSR count). The Kier molecular flexibility index (Phi) is 4.56. The molecule has 0 amide bonds. The van der Waals surface area contributed by atoms with Crippen LogP contribution in [0.25, 0.3) is 0 Å². The molecule has 1 aromatic carbocycles. The van der Waals surface area contributed by atoms with Crippen molar-refractivity contribution < 1.29 is 0 Å². The minimum atomic E-state index is 0.520. The fourth-order valence-corrected chi connectivity index (χ4v) is 3.62. The molecule has 1 aromatic rings. The summed E-state index contributed by atoms with van der Waals surface area (Å²) in [6.45, 7) is 0.520. The summed E-state index contributed by atoms with van der Waals surface area (Å²) in [5, 5.41) is 0.805. The lowest BCUT2D eigenvalue weighted by Gasteiger charge is -2.09. The molecule has 1 aliphatic rings. The van der Waals surface area contributed by atoms with Crippen molar-refractivity contribution in [2.24, 2.45) is 11.7 Å². The van der Waals surface area contributed by atoms with Gasteiger partial charge in [0.05, 0.1) is 0 Å². The first kappa shape index (κ1) is 12.3. The molecule has 1 saturated carbocycles. The van der Waals surface area contributed by atoms with Crippen LogP contribution in [0.3, 0.4) is 0 Å². The predicted molar refractivity (Wildman–Crippen MR) is 72.0 cm³/mol. The largest absolute Gasteiger partial charge is 0.326 e. The lowest BCUT2D eigenvalue weighted by molar-refractivity contribution is 0.623. The van der Waals surface area contributed by atoms with Crippen LogP contribution in [0.15, 0.2) is 23.1 Å². The summed E-state index contributed by atoms with van der Waals surface area (Å²) in [5.74, 6) is 2.15. The zero-order valence-corrected chi connectivity index (χ0v) is 11.0. The smallest absolute Gasteiger partial charge is 0.0462 e. The van der Waals surface area contributed by atoms with Gasteiger partial charge in [0.2, 0.25) is 0 Å². The van der Waals surface area contributed by atoms with Crippen molar-refractivity contribution in [2.45, 2.75) is 37.1 Å². The third-order valence-corrected chi connectivity index (χ3v) is 4.78. The molecule has 0 aromatic heterocycles. The van der Waals surface area contributed by atoms with Crippen LogP contribution < -0.4 is 5.73 Å². The maximum Gasteiger partial charge on any atom is 0.0462 e. The van der Waals surface area contributed by atoms with E-state index in [4.69, 9.17) is 17.3 Å². The second-order valence-electron chi connectivity index (χ2n) is 4.42. The molecule has 0 aliphatic heterocycles. The van der Waals surface area contributed by atoms with E-state index in [2.05, 4.69) is 6.07 Å². The molecule has 0 bridgehead atoms. The Morgan fingerprint density at radius 1 is 1.31 bits per heavy atom. The lowest BCUT2D eigenvalue weighted by atomic mass is 10.1. The molecule has 16 heavy (non-hydrogen) atoms. The molecule has 2 N–H and O–H groups in total. The first-order valence-corrected chi connectivity index (χ1v) is 7.27. The molecule has 3 heteroatoms. The number of rotatable bonds is 4. The Balaban J connectivity index is 1.91. The van der Waals surface area contributed by atoms with Crippen LogP contribution in [0.4, 0.5) is 0 Å². The van der Waals surface area contributed by atoms with E-state index in [1.54, 1.807) is 0 Å². The Morgan fingerprint density at radius 2 is 2.06 bits per heavy atom. The fraction of sp³-hybridized carbons (Fsp3) is 0.538. The van der Waals surface area contributed by atoms with Gasteiger partial charge in [-0.25, -0.2) is 0 Å². The minimum Gasteiger partial charge on any atom is -0.326 e. The average molecular weight is 256 g/mol. The summed E-state index contributed by atoms with van der Waals surface area (Å²) in [7, 11) is 0. The van der Waals surface area contributed by atoms with Crippen molar-refractivity contribution >= 4 is 23.4 Å². The lowest BCUT2D eigenvalue weighted by Crippen LogP contribution is -1.98. The average Bonchev–Trinajstić information content (AvgIpc) is 2.79. The fourth-order valence-electron chi connectivity index (χ4n) is 2.17. The summed E-state index contributed by atoms with van der Waals surface area (Å²) in [6, 6.07) is 6.22. The molecule has 0 heterocycles.